The number of nitrogens with two attached hydrogens (primary N) is 2. The van der Waals surface area contributed by atoms with Crippen LogP contribution in [0.1, 0.15) is 40.0 Å². The second-order valence-corrected chi connectivity index (χ2v) is 6.80. The van der Waals surface area contributed by atoms with Gasteiger partial charge in [-0.1, -0.05) is 0 Å². The number of rotatable bonds is 4. The highest BCUT2D eigenvalue weighted by atomic mass is 16.6. The fraction of sp³-hybridized carbons (Fsp3) is 0.929. The quantitative estimate of drug-likeness (QED) is 0.705. The Morgan fingerprint density at radius 3 is 2.60 bits per heavy atom. The molecular weight excluding hydrogens is 258 g/mol. The van der Waals surface area contributed by atoms with Gasteiger partial charge in [0.05, 0.1) is 6.10 Å². The molecule has 5 N–H and O–H groups in total. The van der Waals surface area contributed by atoms with Crippen molar-refractivity contribution in [2.75, 3.05) is 26.2 Å². The lowest BCUT2D eigenvalue weighted by Crippen LogP contribution is -2.52. The molecule has 1 saturated heterocycles. The molecule has 20 heavy (non-hydrogen) atoms. The minimum Gasteiger partial charge on any atom is -0.444 e. The summed E-state index contributed by atoms with van der Waals surface area (Å²) in [7, 11) is 0. The van der Waals surface area contributed by atoms with E-state index in [1.807, 2.05) is 20.8 Å². The Labute approximate surface area is 121 Å². The zero-order valence-corrected chi connectivity index (χ0v) is 12.9. The molecule has 0 aromatic heterocycles. The van der Waals surface area contributed by atoms with Gasteiger partial charge in [0.25, 0.3) is 0 Å². The monoisotopic (exact) mass is 287 g/mol. The van der Waals surface area contributed by atoms with Crippen LogP contribution in [-0.4, -0.2) is 54.0 Å². The Morgan fingerprint density at radius 2 is 2.10 bits per heavy atom. The van der Waals surface area contributed by atoms with Gasteiger partial charge in [0, 0.05) is 25.0 Å². The number of hydrogen-bond donors (Lipinski definition) is 3. The van der Waals surface area contributed by atoms with Crippen molar-refractivity contribution in [3.8, 4) is 0 Å². The number of amides is 1. The average Bonchev–Trinajstić information content (AvgIpc) is 2.37. The van der Waals surface area contributed by atoms with E-state index in [-0.39, 0.29) is 18.1 Å². The third-order valence-corrected chi connectivity index (χ3v) is 3.69. The van der Waals surface area contributed by atoms with Gasteiger partial charge in [0.1, 0.15) is 5.60 Å². The number of carbonyl (C=O) groups is 1. The van der Waals surface area contributed by atoms with Gasteiger partial charge in [-0.2, -0.15) is 0 Å². The lowest BCUT2D eigenvalue weighted by Gasteiger charge is -2.43. The van der Waals surface area contributed by atoms with E-state index in [2.05, 4.69) is 0 Å². The van der Waals surface area contributed by atoms with Gasteiger partial charge >= 0.3 is 6.09 Å². The highest BCUT2D eigenvalue weighted by molar-refractivity contribution is 5.68. The van der Waals surface area contributed by atoms with Crippen LogP contribution in [0, 0.1) is 5.41 Å². The van der Waals surface area contributed by atoms with Crippen LogP contribution in [0.25, 0.3) is 0 Å². The Kier molecular flexibility index (Phi) is 5.79. The SMILES string of the molecule is CC(C)(C)OC(=O)N1CCC[C@@](CN)(C[C@@H](O)CN)C1. The summed E-state index contributed by atoms with van der Waals surface area (Å²) in [4.78, 5) is 13.8. The molecule has 1 heterocycles. The maximum atomic E-state index is 12.1. The molecule has 0 unspecified atom stereocenters. The summed E-state index contributed by atoms with van der Waals surface area (Å²) in [6.07, 6.45) is 1.42. The second-order valence-electron chi connectivity index (χ2n) is 6.80. The number of piperidine rings is 1. The minimum atomic E-state index is -0.572. The number of hydrogen-bond acceptors (Lipinski definition) is 5. The maximum absolute atomic E-state index is 12.1. The lowest BCUT2D eigenvalue weighted by atomic mass is 9.75. The van der Waals surface area contributed by atoms with Crippen LogP contribution in [0.2, 0.25) is 0 Å². The zero-order valence-electron chi connectivity index (χ0n) is 12.9. The van der Waals surface area contributed by atoms with Gasteiger partial charge in [-0.25, -0.2) is 4.79 Å². The first kappa shape index (κ1) is 17.2. The fourth-order valence-corrected chi connectivity index (χ4v) is 2.69. The molecule has 0 radical (unpaired) electrons. The largest absolute Gasteiger partial charge is 0.444 e. The van der Waals surface area contributed by atoms with Crippen LogP contribution in [0.4, 0.5) is 4.79 Å². The third-order valence-electron chi connectivity index (χ3n) is 3.69. The smallest absolute Gasteiger partial charge is 0.410 e. The predicted molar refractivity (Wildman–Crippen MR) is 78.2 cm³/mol. The molecule has 1 fully saturated rings. The molecule has 0 aromatic carbocycles. The van der Waals surface area contributed by atoms with E-state index in [4.69, 9.17) is 16.2 Å². The normalized spacial score (nSPS) is 25.4. The first-order chi connectivity index (χ1) is 9.21. The molecule has 6 nitrogen and oxygen atoms in total. The molecule has 0 aliphatic carbocycles. The van der Waals surface area contributed by atoms with E-state index in [9.17, 15) is 9.90 Å². The van der Waals surface area contributed by atoms with E-state index in [1.54, 1.807) is 4.90 Å². The highest BCUT2D eigenvalue weighted by Gasteiger charge is 2.38. The standard InChI is InChI=1S/C14H29N3O3/c1-13(2,3)20-12(19)17-6-4-5-14(9-16,10-17)7-11(18)8-15/h11,18H,4-10,15-16H2,1-3H3/t11-,14+/m1/s1. The van der Waals surface area contributed by atoms with Gasteiger partial charge < -0.3 is 26.2 Å². The first-order valence-electron chi connectivity index (χ1n) is 7.27. The van der Waals surface area contributed by atoms with E-state index < -0.39 is 11.7 Å². The Morgan fingerprint density at radius 1 is 1.45 bits per heavy atom. The Bertz CT molecular complexity index is 330. The van der Waals surface area contributed by atoms with Gasteiger partial charge in [-0.05, 0) is 46.6 Å². The molecule has 2 atom stereocenters. The average molecular weight is 287 g/mol. The van der Waals surface area contributed by atoms with Gasteiger partial charge in [-0.15, -0.1) is 0 Å². The van der Waals surface area contributed by atoms with Crippen LogP contribution in [0.15, 0.2) is 0 Å². The molecule has 1 amide bonds. The number of aliphatic hydroxyl groups is 1. The molecule has 6 heteroatoms. The summed E-state index contributed by atoms with van der Waals surface area (Å²) < 4.78 is 5.41. The second kappa shape index (κ2) is 6.74. The molecule has 0 saturated carbocycles. The van der Waals surface area contributed by atoms with Crippen molar-refractivity contribution >= 4 is 6.09 Å². The fourth-order valence-electron chi connectivity index (χ4n) is 2.69. The predicted octanol–water partition coefficient (Wildman–Crippen LogP) is 0.672. The summed E-state index contributed by atoms with van der Waals surface area (Å²) in [6, 6.07) is 0. The van der Waals surface area contributed by atoms with Crippen molar-refractivity contribution in [3.05, 3.63) is 0 Å². The van der Waals surface area contributed by atoms with Gasteiger partial charge in [0.2, 0.25) is 0 Å². The molecule has 1 aliphatic rings. The van der Waals surface area contributed by atoms with Crippen LogP contribution >= 0.6 is 0 Å². The zero-order chi connectivity index (χ0) is 15.4. The number of nitrogens with zero attached hydrogens (tertiary/aromatic N) is 1. The Hall–Kier alpha value is -0.850. The minimum absolute atomic E-state index is 0.216. The Balaban J connectivity index is 2.70. The van der Waals surface area contributed by atoms with E-state index in [0.29, 0.717) is 26.1 Å². The summed E-state index contributed by atoms with van der Waals surface area (Å²) in [5.41, 5.74) is 10.6. The van der Waals surface area contributed by atoms with Crippen molar-refractivity contribution in [3.63, 3.8) is 0 Å². The number of likely N-dealkylation sites (tertiary alicyclic amines) is 1. The van der Waals surface area contributed by atoms with Gasteiger partial charge in [-0.3, -0.25) is 0 Å². The maximum Gasteiger partial charge on any atom is 0.410 e. The van der Waals surface area contributed by atoms with Crippen LogP contribution < -0.4 is 11.5 Å². The number of ether oxygens (including phenoxy) is 1. The van der Waals surface area contributed by atoms with E-state index in [1.165, 1.54) is 0 Å². The molecular formula is C14H29N3O3. The summed E-state index contributed by atoms with van der Waals surface area (Å²) in [5.74, 6) is 0. The van der Waals surface area contributed by atoms with Crippen molar-refractivity contribution < 1.29 is 14.6 Å². The number of aliphatic hydroxyl groups excluding tert-OH is 1. The molecule has 1 rings (SSSR count). The van der Waals surface area contributed by atoms with Crippen LogP contribution in [0.5, 0.6) is 0 Å². The van der Waals surface area contributed by atoms with Gasteiger partial charge in [0.15, 0.2) is 0 Å². The molecule has 1 aliphatic heterocycles. The number of carbonyl (C=O) groups excluding carboxylic acids is 1. The topological polar surface area (TPSA) is 102 Å². The van der Waals surface area contributed by atoms with Crippen molar-refractivity contribution in [2.45, 2.75) is 51.7 Å². The highest BCUT2D eigenvalue weighted by Crippen LogP contribution is 2.34. The van der Waals surface area contributed by atoms with Crippen LogP contribution in [-0.2, 0) is 4.74 Å². The first-order valence-corrected chi connectivity index (χ1v) is 7.27. The molecule has 0 bridgehead atoms. The molecule has 0 spiro atoms. The van der Waals surface area contributed by atoms with Crippen molar-refractivity contribution in [1.29, 1.82) is 0 Å². The molecule has 118 valence electrons. The van der Waals surface area contributed by atoms with E-state index >= 15 is 0 Å². The van der Waals surface area contributed by atoms with Crippen molar-refractivity contribution in [1.82, 2.24) is 4.90 Å². The summed E-state index contributed by atoms with van der Waals surface area (Å²) in [5, 5.41) is 9.80. The molecule has 0 aromatic rings. The van der Waals surface area contributed by atoms with E-state index in [0.717, 1.165) is 12.8 Å². The third kappa shape index (κ3) is 4.92. The lowest BCUT2D eigenvalue weighted by molar-refractivity contribution is -0.00484. The van der Waals surface area contributed by atoms with Crippen LogP contribution in [0.3, 0.4) is 0 Å². The summed E-state index contributed by atoms with van der Waals surface area (Å²) in [6.45, 7) is 7.40. The van der Waals surface area contributed by atoms with Crippen molar-refractivity contribution in [2.24, 2.45) is 16.9 Å². The summed E-state index contributed by atoms with van der Waals surface area (Å²) >= 11 is 0.